The van der Waals surface area contributed by atoms with Crippen LogP contribution in [0.3, 0.4) is 0 Å². The van der Waals surface area contributed by atoms with Crippen molar-refractivity contribution in [1.82, 2.24) is 0 Å². The topological polar surface area (TPSA) is 106 Å². The molecule has 0 saturated carbocycles. The lowest BCUT2D eigenvalue weighted by molar-refractivity contribution is -0.142. The van der Waals surface area contributed by atoms with Crippen molar-refractivity contribution < 1.29 is 14.7 Å². The fourth-order valence-electron chi connectivity index (χ4n) is 1.06. The molecule has 5 heteroatoms. The number of hydrogen-bond donors (Lipinski definition) is 3. The molecule has 14 heavy (non-hydrogen) atoms. The highest BCUT2D eigenvalue weighted by atomic mass is 16.4. The van der Waals surface area contributed by atoms with Crippen molar-refractivity contribution in [3.8, 4) is 0 Å². The minimum absolute atomic E-state index is 0.0782. The Labute approximate surface area is 82.8 Å². The number of carboxylic acids is 1. The SMILES string of the molecule is C=C(CN)CC(CCC(N)=O)C(=O)O. The summed E-state index contributed by atoms with van der Waals surface area (Å²) in [6, 6.07) is 0. The fraction of sp³-hybridized carbons (Fsp3) is 0.556. The van der Waals surface area contributed by atoms with Crippen LogP contribution < -0.4 is 11.5 Å². The highest BCUT2D eigenvalue weighted by Gasteiger charge is 2.18. The molecule has 1 atom stereocenters. The molecule has 0 rings (SSSR count). The van der Waals surface area contributed by atoms with Gasteiger partial charge in [-0.05, 0) is 12.8 Å². The maximum atomic E-state index is 10.7. The van der Waals surface area contributed by atoms with E-state index >= 15 is 0 Å². The Morgan fingerprint density at radius 2 is 2.00 bits per heavy atom. The Hall–Kier alpha value is -1.36. The molecular weight excluding hydrogens is 184 g/mol. The van der Waals surface area contributed by atoms with Crippen molar-refractivity contribution in [2.24, 2.45) is 17.4 Å². The molecule has 0 aromatic rings. The molecule has 5 nitrogen and oxygen atoms in total. The first-order chi connectivity index (χ1) is 6.47. The number of carboxylic acid groups (broad SMARTS) is 1. The minimum atomic E-state index is -0.944. The summed E-state index contributed by atoms with van der Waals surface area (Å²) in [5.74, 6) is -2.05. The van der Waals surface area contributed by atoms with Crippen LogP contribution in [0.5, 0.6) is 0 Å². The van der Waals surface area contributed by atoms with Crippen molar-refractivity contribution in [1.29, 1.82) is 0 Å². The van der Waals surface area contributed by atoms with Gasteiger partial charge in [0.05, 0.1) is 5.92 Å². The van der Waals surface area contributed by atoms with Crippen LogP contribution in [0.25, 0.3) is 0 Å². The predicted molar refractivity (Wildman–Crippen MR) is 52.4 cm³/mol. The average Bonchev–Trinajstić information content (AvgIpc) is 2.10. The molecular formula is C9H16N2O3. The number of carbonyl (C=O) groups excluding carboxylic acids is 1. The predicted octanol–water partition coefficient (Wildman–Crippen LogP) is -0.142. The van der Waals surface area contributed by atoms with Gasteiger partial charge in [0.2, 0.25) is 5.91 Å². The number of primary amides is 1. The normalized spacial score (nSPS) is 12.1. The summed E-state index contributed by atoms with van der Waals surface area (Å²) in [6.07, 6.45) is 0.623. The lowest BCUT2D eigenvalue weighted by atomic mass is 9.95. The summed E-state index contributed by atoms with van der Waals surface area (Å²) in [7, 11) is 0. The number of nitrogens with two attached hydrogens (primary N) is 2. The van der Waals surface area contributed by atoms with E-state index in [1.165, 1.54) is 0 Å². The van der Waals surface area contributed by atoms with Gasteiger partial charge in [-0.2, -0.15) is 0 Å². The van der Waals surface area contributed by atoms with Gasteiger partial charge >= 0.3 is 5.97 Å². The third kappa shape index (κ3) is 5.31. The van der Waals surface area contributed by atoms with Gasteiger partial charge in [0.1, 0.15) is 0 Å². The largest absolute Gasteiger partial charge is 0.481 e. The highest BCUT2D eigenvalue weighted by Crippen LogP contribution is 2.15. The monoisotopic (exact) mass is 200 g/mol. The van der Waals surface area contributed by atoms with E-state index in [4.69, 9.17) is 16.6 Å². The molecule has 0 spiro atoms. The van der Waals surface area contributed by atoms with Gasteiger partial charge in [-0.3, -0.25) is 9.59 Å². The summed E-state index contributed by atoms with van der Waals surface area (Å²) in [6.45, 7) is 3.88. The molecule has 0 fully saturated rings. The molecule has 0 heterocycles. The van der Waals surface area contributed by atoms with Gasteiger partial charge in [0.15, 0.2) is 0 Å². The van der Waals surface area contributed by atoms with E-state index in [0.29, 0.717) is 12.0 Å². The number of carbonyl (C=O) groups is 2. The van der Waals surface area contributed by atoms with E-state index in [9.17, 15) is 9.59 Å². The summed E-state index contributed by atoms with van der Waals surface area (Å²) in [5.41, 5.74) is 10.9. The molecule has 0 bridgehead atoms. The van der Waals surface area contributed by atoms with E-state index in [0.717, 1.165) is 0 Å². The van der Waals surface area contributed by atoms with E-state index in [1.807, 2.05) is 0 Å². The standard InChI is InChI=1S/C9H16N2O3/c1-6(5-10)4-7(9(13)14)2-3-8(11)12/h7H,1-5,10H2,(H2,11,12)(H,13,14). The molecule has 80 valence electrons. The second kappa shape index (κ2) is 6.15. The smallest absolute Gasteiger partial charge is 0.306 e. The number of amides is 1. The number of hydrogen-bond acceptors (Lipinski definition) is 3. The van der Waals surface area contributed by atoms with E-state index < -0.39 is 17.8 Å². The first-order valence-electron chi connectivity index (χ1n) is 4.35. The Morgan fingerprint density at radius 3 is 2.36 bits per heavy atom. The van der Waals surface area contributed by atoms with E-state index in [-0.39, 0.29) is 19.4 Å². The molecule has 0 aromatic carbocycles. The van der Waals surface area contributed by atoms with Crippen LogP contribution in [-0.2, 0) is 9.59 Å². The van der Waals surface area contributed by atoms with Gasteiger partial charge in [-0.1, -0.05) is 12.2 Å². The number of rotatable bonds is 7. The molecule has 0 aliphatic rings. The Bertz CT molecular complexity index is 238. The van der Waals surface area contributed by atoms with E-state index in [1.54, 1.807) is 0 Å². The quantitative estimate of drug-likeness (QED) is 0.497. The lowest BCUT2D eigenvalue weighted by Gasteiger charge is -2.11. The van der Waals surface area contributed by atoms with Crippen molar-refractivity contribution >= 4 is 11.9 Å². The van der Waals surface area contributed by atoms with Crippen LogP contribution in [0.4, 0.5) is 0 Å². The Morgan fingerprint density at radius 1 is 1.43 bits per heavy atom. The van der Waals surface area contributed by atoms with Crippen LogP contribution in [0.2, 0.25) is 0 Å². The maximum absolute atomic E-state index is 10.7. The minimum Gasteiger partial charge on any atom is -0.481 e. The highest BCUT2D eigenvalue weighted by molar-refractivity contribution is 5.75. The zero-order valence-electron chi connectivity index (χ0n) is 8.03. The maximum Gasteiger partial charge on any atom is 0.306 e. The lowest BCUT2D eigenvalue weighted by Crippen LogP contribution is -2.20. The zero-order chi connectivity index (χ0) is 11.1. The third-order valence-electron chi connectivity index (χ3n) is 1.91. The van der Waals surface area contributed by atoms with Crippen LogP contribution in [0.1, 0.15) is 19.3 Å². The second-order valence-electron chi connectivity index (χ2n) is 3.20. The van der Waals surface area contributed by atoms with Crippen LogP contribution in [-0.4, -0.2) is 23.5 Å². The van der Waals surface area contributed by atoms with Gasteiger partial charge in [-0.15, -0.1) is 0 Å². The molecule has 0 aliphatic carbocycles. The summed E-state index contributed by atoms with van der Waals surface area (Å²) < 4.78 is 0. The molecule has 0 radical (unpaired) electrons. The van der Waals surface area contributed by atoms with Crippen molar-refractivity contribution in [3.63, 3.8) is 0 Å². The van der Waals surface area contributed by atoms with Gasteiger partial charge in [-0.25, -0.2) is 0 Å². The summed E-state index contributed by atoms with van der Waals surface area (Å²) >= 11 is 0. The van der Waals surface area contributed by atoms with Gasteiger partial charge in [0.25, 0.3) is 0 Å². The number of aliphatic carboxylic acids is 1. The van der Waals surface area contributed by atoms with Crippen molar-refractivity contribution in [3.05, 3.63) is 12.2 Å². The van der Waals surface area contributed by atoms with Crippen molar-refractivity contribution in [2.75, 3.05) is 6.54 Å². The van der Waals surface area contributed by atoms with Gasteiger partial charge < -0.3 is 16.6 Å². The molecule has 0 saturated heterocycles. The Kier molecular flexibility index (Phi) is 5.55. The summed E-state index contributed by atoms with van der Waals surface area (Å²) in [4.78, 5) is 21.2. The van der Waals surface area contributed by atoms with Crippen LogP contribution in [0.15, 0.2) is 12.2 Å². The first kappa shape index (κ1) is 12.6. The third-order valence-corrected chi connectivity index (χ3v) is 1.91. The molecule has 1 unspecified atom stereocenters. The molecule has 5 N–H and O–H groups in total. The summed E-state index contributed by atoms with van der Waals surface area (Å²) in [5, 5.41) is 8.80. The molecule has 0 aromatic heterocycles. The second-order valence-corrected chi connectivity index (χ2v) is 3.20. The molecule has 0 aliphatic heterocycles. The van der Waals surface area contributed by atoms with Crippen molar-refractivity contribution in [2.45, 2.75) is 19.3 Å². The van der Waals surface area contributed by atoms with Crippen LogP contribution in [0, 0.1) is 5.92 Å². The van der Waals surface area contributed by atoms with Crippen LogP contribution >= 0.6 is 0 Å². The first-order valence-corrected chi connectivity index (χ1v) is 4.35. The Balaban J connectivity index is 4.09. The molecule has 1 amide bonds. The fourth-order valence-corrected chi connectivity index (χ4v) is 1.06. The van der Waals surface area contributed by atoms with Gasteiger partial charge in [0, 0.05) is 13.0 Å². The average molecular weight is 200 g/mol. The van der Waals surface area contributed by atoms with E-state index in [2.05, 4.69) is 6.58 Å². The zero-order valence-corrected chi connectivity index (χ0v) is 8.03.